The Hall–Kier alpha value is -1.51. The van der Waals surface area contributed by atoms with Gasteiger partial charge in [-0.15, -0.1) is 6.58 Å². The van der Waals surface area contributed by atoms with E-state index in [1.165, 1.54) is 6.26 Å². The Kier molecular flexibility index (Phi) is 2.69. The van der Waals surface area contributed by atoms with Gasteiger partial charge in [0.1, 0.15) is 0 Å². The maximum atomic E-state index is 11.2. The van der Waals surface area contributed by atoms with Crippen LogP contribution in [-0.4, -0.2) is 12.5 Å². The zero-order valence-corrected chi connectivity index (χ0v) is 6.96. The molecule has 64 valence electrons. The summed E-state index contributed by atoms with van der Waals surface area (Å²) in [6.45, 7) is 5.77. The van der Waals surface area contributed by atoms with Crippen LogP contribution in [-0.2, 0) is 0 Å². The lowest BCUT2D eigenvalue weighted by Gasteiger charge is -1.98. The molecular formula is C9H11NO2. The van der Waals surface area contributed by atoms with Gasteiger partial charge in [0.2, 0.25) is 0 Å². The van der Waals surface area contributed by atoms with Crippen molar-refractivity contribution in [1.82, 2.24) is 5.32 Å². The van der Waals surface area contributed by atoms with Crippen molar-refractivity contribution >= 4 is 5.91 Å². The average molecular weight is 165 g/mol. The maximum absolute atomic E-state index is 11.2. The van der Waals surface area contributed by atoms with Crippen LogP contribution in [0.1, 0.15) is 16.1 Å². The molecule has 0 aliphatic heterocycles. The smallest absolute Gasteiger partial charge is 0.287 e. The molecule has 3 heteroatoms. The Morgan fingerprint density at radius 2 is 2.58 bits per heavy atom. The van der Waals surface area contributed by atoms with E-state index in [-0.39, 0.29) is 5.91 Å². The minimum Gasteiger partial charge on any atom is -0.459 e. The zero-order chi connectivity index (χ0) is 8.97. The molecule has 0 radical (unpaired) electrons. The normalized spacial score (nSPS) is 9.42. The minimum atomic E-state index is -0.197. The molecule has 0 unspecified atom stereocenters. The third-order valence-electron chi connectivity index (χ3n) is 1.48. The van der Waals surface area contributed by atoms with Gasteiger partial charge in [-0.05, 0) is 13.0 Å². The molecule has 12 heavy (non-hydrogen) atoms. The van der Waals surface area contributed by atoms with E-state index in [1.807, 2.05) is 6.92 Å². The molecular weight excluding hydrogens is 154 g/mol. The second-order valence-corrected chi connectivity index (χ2v) is 2.43. The lowest BCUT2D eigenvalue weighted by Crippen LogP contribution is -2.23. The summed E-state index contributed by atoms with van der Waals surface area (Å²) in [6, 6.07) is 1.75. The van der Waals surface area contributed by atoms with Gasteiger partial charge in [-0.25, -0.2) is 0 Å². The van der Waals surface area contributed by atoms with E-state index in [1.54, 1.807) is 12.1 Å². The molecule has 1 heterocycles. The molecule has 0 bridgehead atoms. The van der Waals surface area contributed by atoms with E-state index in [9.17, 15) is 4.79 Å². The molecule has 1 amide bonds. The van der Waals surface area contributed by atoms with Crippen LogP contribution in [0.2, 0.25) is 0 Å². The average Bonchev–Trinajstić information content (AvgIpc) is 2.47. The van der Waals surface area contributed by atoms with Crippen molar-refractivity contribution in [2.45, 2.75) is 6.92 Å². The van der Waals surface area contributed by atoms with Gasteiger partial charge in [0.15, 0.2) is 5.76 Å². The Bertz CT molecular complexity index is 288. The topological polar surface area (TPSA) is 42.2 Å². The van der Waals surface area contributed by atoms with E-state index in [4.69, 9.17) is 4.42 Å². The molecule has 1 aromatic rings. The van der Waals surface area contributed by atoms with Crippen LogP contribution in [0.5, 0.6) is 0 Å². The molecule has 0 aromatic carbocycles. The molecule has 3 nitrogen and oxygen atoms in total. The third-order valence-corrected chi connectivity index (χ3v) is 1.48. The van der Waals surface area contributed by atoms with Crippen LogP contribution < -0.4 is 5.32 Å². The molecule has 1 N–H and O–H groups in total. The molecule has 0 saturated carbocycles. The summed E-state index contributed by atoms with van der Waals surface area (Å²) in [4.78, 5) is 11.2. The van der Waals surface area contributed by atoms with Crippen molar-refractivity contribution in [3.63, 3.8) is 0 Å². The van der Waals surface area contributed by atoms with Crippen molar-refractivity contribution in [3.05, 3.63) is 36.3 Å². The SMILES string of the molecule is C=CCNC(=O)c1occc1C. The number of aryl methyl sites for hydroxylation is 1. The molecule has 0 aliphatic carbocycles. The van der Waals surface area contributed by atoms with Gasteiger partial charge >= 0.3 is 0 Å². The van der Waals surface area contributed by atoms with E-state index in [0.717, 1.165) is 5.56 Å². The monoisotopic (exact) mass is 165 g/mol. The highest BCUT2D eigenvalue weighted by Gasteiger charge is 2.10. The number of furan rings is 1. The van der Waals surface area contributed by atoms with Crippen LogP contribution in [0.3, 0.4) is 0 Å². The molecule has 0 spiro atoms. The number of hydrogen-bond acceptors (Lipinski definition) is 2. The van der Waals surface area contributed by atoms with Gasteiger partial charge in [0.05, 0.1) is 6.26 Å². The predicted molar refractivity (Wildman–Crippen MR) is 46.0 cm³/mol. The second kappa shape index (κ2) is 3.76. The van der Waals surface area contributed by atoms with E-state index >= 15 is 0 Å². The number of amides is 1. The largest absolute Gasteiger partial charge is 0.459 e. The summed E-state index contributed by atoms with van der Waals surface area (Å²) in [7, 11) is 0. The van der Waals surface area contributed by atoms with Gasteiger partial charge in [-0.3, -0.25) is 4.79 Å². The summed E-state index contributed by atoms with van der Waals surface area (Å²) in [5.41, 5.74) is 0.844. The van der Waals surface area contributed by atoms with Gasteiger partial charge in [0, 0.05) is 12.1 Å². The number of nitrogens with one attached hydrogen (secondary N) is 1. The lowest BCUT2D eigenvalue weighted by molar-refractivity contribution is 0.0929. The van der Waals surface area contributed by atoms with E-state index in [2.05, 4.69) is 11.9 Å². The lowest BCUT2D eigenvalue weighted by atomic mass is 10.3. The van der Waals surface area contributed by atoms with Crippen molar-refractivity contribution in [2.75, 3.05) is 6.54 Å². The van der Waals surface area contributed by atoms with Crippen LogP contribution in [0, 0.1) is 6.92 Å². The van der Waals surface area contributed by atoms with Gasteiger partial charge in [0.25, 0.3) is 5.91 Å². The predicted octanol–water partition coefficient (Wildman–Crippen LogP) is 1.50. The van der Waals surface area contributed by atoms with Crippen LogP contribution in [0.4, 0.5) is 0 Å². The number of carbonyl (C=O) groups excluding carboxylic acids is 1. The van der Waals surface area contributed by atoms with Crippen LogP contribution in [0.25, 0.3) is 0 Å². The fourth-order valence-corrected chi connectivity index (χ4v) is 0.851. The van der Waals surface area contributed by atoms with Crippen LogP contribution >= 0.6 is 0 Å². The van der Waals surface area contributed by atoms with E-state index < -0.39 is 0 Å². The summed E-state index contributed by atoms with van der Waals surface area (Å²) in [5, 5.41) is 2.62. The highest BCUT2D eigenvalue weighted by molar-refractivity contribution is 5.92. The van der Waals surface area contributed by atoms with Gasteiger partial charge in [-0.1, -0.05) is 6.08 Å². The maximum Gasteiger partial charge on any atom is 0.287 e. The summed E-state index contributed by atoms with van der Waals surface area (Å²) in [6.07, 6.45) is 3.12. The Morgan fingerprint density at radius 3 is 3.08 bits per heavy atom. The zero-order valence-electron chi connectivity index (χ0n) is 6.96. The number of rotatable bonds is 3. The van der Waals surface area contributed by atoms with Gasteiger partial charge in [-0.2, -0.15) is 0 Å². The fraction of sp³-hybridized carbons (Fsp3) is 0.222. The standard InChI is InChI=1S/C9H11NO2/c1-3-5-10-9(11)8-7(2)4-6-12-8/h3-4,6H,1,5H2,2H3,(H,10,11). The third kappa shape index (κ3) is 1.75. The highest BCUT2D eigenvalue weighted by atomic mass is 16.3. The van der Waals surface area contributed by atoms with Crippen molar-refractivity contribution in [3.8, 4) is 0 Å². The first kappa shape index (κ1) is 8.59. The molecule has 0 aliphatic rings. The highest BCUT2D eigenvalue weighted by Crippen LogP contribution is 2.07. The summed E-state index contributed by atoms with van der Waals surface area (Å²) >= 11 is 0. The minimum absolute atomic E-state index is 0.197. The number of hydrogen-bond donors (Lipinski definition) is 1. The van der Waals surface area contributed by atoms with Crippen molar-refractivity contribution < 1.29 is 9.21 Å². The van der Waals surface area contributed by atoms with Crippen LogP contribution in [0.15, 0.2) is 29.4 Å². The molecule has 0 saturated heterocycles. The molecule has 0 atom stereocenters. The Morgan fingerprint density at radius 1 is 1.83 bits per heavy atom. The Labute approximate surface area is 71.1 Å². The summed E-state index contributed by atoms with van der Waals surface area (Å²) < 4.78 is 4.98. The fourth-order valence-electron chi connectivity index (χ4n) is 0.851. The van der Waals surface area contributed by atoms with E-state index in [0.29, 0.717) is 12.3 Å². The molecule has 1 aromatic heterocycles. The molecule has 1 rings (SSSR count). The van der Waals surface area contributed by atoms with Gasteiger partial charge < -0.3 is 9.73 Å². The Balaban J connectivity index is 2.65. The van der Waals surface area contributed by atoms with Crippen molar-refractivity contribution in [1.29, 1.82) is 0 Å². The van der Waals surface area contributed by atoms with Crippen molar-refractivity contribution in [2.24, 2.45) is 0 Å². The quantitative estimate of drug-likeness (QED) is 0.690. The number of carbonyl (C=O) groups is 1. The second-order valence-electron chi connectivity index (χ2n) is 2.43. The first-order chi connectivity index (χ1) is 5.75. The first-order valence-electron chi connectivity index (χ1n) is 3.69. The molecule has 0 fully saturated rings. The summed E-state index contributed by atoms with van der Waals surface area (Å²) in [5.74, 6) is 0.175. The first-order valence-corrected chi connectivity index (χ1v) is 3.69.